The lowest BCUT2D eigenvalue weighted by Crippen LogP contribution is -2.10. The fraction of sp³-hybridized carbons (Fsp3) is 0. The fourth-order valence-electron chi connectivity index (χ4n) is 6.45. The van der Waals surface area contributed by atoms with Crippen LogP contribution in [0.2, 0.25) is 0 Å². The molecule has 0 aliphatic heterocycles. The minimum absolute atomic E-state index is 1.16. The highest BCUT2D eigenvalue weighted by atomic mass is 32.1. The Balaban J connectivity index is 1.36. The first-order valence-electron chi connectivity index (χ1n) is 14.5. The summed E-state index contributed by atoms with van der Waals surface area (Å²) in [7, 11) is 0. The predicted octanol–water partition coefficient (Wildman–Crippen LogP) is 12.7. The topological polar surface area (TPSA) is 3.24 Å². The second-order valence-corrected chi connectivity index (χ2v) is 13.1. The van der Waals surface area contributed by atoms with Gasteiger partial charge in [-0.25, -0.2) is 0 Å². The van der Waals surface area contributed by atoms with E-state index < -0.39 is 0 Å². The van der Waals surface area contributed by atoms with E-state index in [0.717, 1.165) is 11.4 Å². The van der Waals surface area contributed by atoms with Gasteiger partial charge < -0.3 is 4.90 Å². The highest BCUT2D eigenvalue weighted by Crippen LogP contribution is 2.49. The molecule has 0 spiro atoms. The summed E-state index contributed by atoms with van der Waals surface area (Å²) in [5.41, 5.74) is 6.03. The minimum atomic E-state index is 1.16. The molecule has 1 nitrogen and oxygen atoms in total. The molecule has 2 aromatic heterocycles. The van der Waals surface area contributed by atoms with Crippen molar-refractivity contribution in [2.75, 3.05) is 4.90 Å². The van der Waals surface area contributed by atoms with Crippen LogP contribution in [-0.4, -0.2) is 0 Å². The molecule has 43 heavy (non-hydrogen) atoms. The molecule has 0 atom stereocenters. The number of rotatable bonds is 4. The molecule has 0 bridgehead atoms. The van der Waals surface area contributed by atoms with Gasteiger partial charge in [0.1, 0.15) is 0 Å². The van der Waals surface area contributed by atoms with Crippen LogP contribution in [0.3, 0.4) is 0 Å². The van der Waals surface area contributed by atoms with Gasteiger partial charge >= 0.3 is 0 Å². The van der Waals surface area contributed by atoms with Crippen molar-refractivity contribution in [3.8, 4) is 11.1 Å². The molecule has 0 aliphatic rings. The van der Waals surface area contributed by atoms with E-state index in [0.29, 0.717) is 0 Å². The first-order chi connectivity index (χ1) is 21.3. The summed E-state index contributed by atoms with van der Waals surface area (Å²) >= 11 is 3.75. The molecular formula is C40H25NS2. The maximum Gasteiger partial charge on any atom is 0.0640 e. The van der Waals surface area contributed by atoms with Crippen LogP contribution in [0.15, 0.2) is 152 Å². The molecule has 0 N–H and O–H groups in total. The van der Waals surface area contributed by atoms with E-state index in [9.17, 15) is 0 Å². The van der Waals surface area contributed by atoms with Crippen LogP contribution in [0.5, 0.6) is 0 Å². The lowest BCUT2D eigenvalue weighted by Gasteiger charge is -2.27. The second kappa shape index (κ2) is 9.81. The minimum Gasteiger partial charge on any atom is -0.309 e. The van der Waals surface area contributed by atoms with Gasteiger partial charge in [0, 0.05) is 47.0 Å². The van der Waals surface area contributed by atoms with Gasteiger partial charge in [-0.05, 0) is 70.4 Å². The summed E-state index contributed by atoms with van der Waals surface area (Å²) in [5.74, 6) is 0. The Hall–Kier alpha value is -4.96. The third kappa shape index (κ3) is 3.97. The van der Waals surface area contributed by atoms with Crippen LogP contribution in [-0.2, 0) is 0 Å². The monoisotopic (exact) mass is 583 g/mol. The van der Waals surface area contributed by atoms with Crippen molar-refractivity contribution in [3.05, 3.63) is 152 Å². The number of hydrogen-bond acceptors (Lipinski definition) is 3. The van der Waals surface area contributed by atoms with Crippen LogP contribution >= 0.6 is 22.7 Å². The van der Waals surface area contributed by atoms with E-state index in [1.807, 2.05) is 22.7 Å². The Labute approximate surface area is 257 Å². The molecule has 0 amide bonds. The number of nitrogens with zero attached hydrogens (tertiary/aromatic N) is 1. The van der Waals surface area contributed by atoms with Gasteiger partial charge in [0.25, 0.3) is 0 Å². The van der Waals surface area contributed by atoms with Crippen LogP contribution < -0.4 is 4.90 Å². The normalized spacial score (nSPS) is 11.7. The summed E-state index contributed by atoms with van der Waals surface area (Å²) in [6.07, 6.45) is 0. The molecule has 0 radical (unpaired) electrons. The van der Waals surface area contributed by atoms with Gasteiger partial charge in [0.2, 0.25) is 0 Å². The van der Waals surface area contributed by atoms with Crippen molar-refractivity contribution in [1.29, 1.82) is 0 Å². The van der Waals surface area contributed by atoms with Crippen molar-refractivity contribution in [2.24, 2.45) is 0 Å². The van der Waals surface area contributed by atoms with Gasteiger partial charge in [0.05, 0.1) is 10.4 Å². The molecule has 0 unspecified atom stereocenters. The molecule has 9 aromatic rings. The standard InChI is InChI=1S/C40H25NS2/c1-2-11-27(12-3-1)31-21-22-35(40-39(31)33-15-7-9-17-37(33)43-40)41(29-19-18-26-10-4-5-13-28(26)24-29)30-20-23-38-34(25-30)32-14-6-8-16-36(32)42-38/h1-25H. The highest BCUT2D eigenvalue weighted by Gasteiger charge is 2.21. The Kier molecular flexibility index (Phi) is 5.62. The average Bonchev–Trinajstić information content (AvgIpc) is 3.64. The lowest BCUT2D eigenvalue weighted by atomic mass is 9.98. The molecule has 202 valence electrons. The maximum atomic E-state index is 2.46. The molecule has 7 aromatic carbocycles. The SMILES string of the molecule is c1ccc(-c2ccc(N(c3ccc4ccccc4c3)c3ccc4sc5ccccc5c4c3)c3sc4ccccc4c23)cc1. The quantitative estimate of drug-likeness (QED) is 0.199. The van der Waals surface area contributed by atoms with Gasteiger partial charge in [0.15, 0.2) is 0 Å². The van der Waals surface area contributed by atoms with Crippen molar-refractivity contribution in [2.45, 2.75) is 0 Å². The molecule has 0 fully saturated rings. The number of fused-ring (bicyclic) bond motifs is 7. The van der Waals surface area contributed by atoms with E-state index in [4.69, 9.17) is 0 Å². The molecular weight excluding hydrogens is 559 g/mol. The third-order valence-electron chi connectivity index (χ3n) is 8.44. The molecule has 0 saturated heterocycles. The highest BCUT2D eigenvalue weighted by molar-refractivity contribution is 7.26. The zero-order chi connectivity index (χ0) is 28.3. The Morgan fingerprint density at radius 1 is 0.419 bits per heavy atom. The van der Waals surface area contributed by atoms with E-state index in [2.05, 4.69) is 157 Å². The van der Waals surface area contributed by atoms with Crippen molar-refractivity contribution >= 4 is 90.9 Å². The number of hydrogen-bond donors (Lipinski definition) is 0. The zero-order valence-electron chi connectivity index (χ0n) is 23.2. The lowest BCUT2D eigenvalue weighted by molar-refractivity contribution is 1.31. The summed E-state index contributed by atoms with van der Waals surface area (Å²) in [6.45, 7) is 0. The molecule has 0 saturated carbocycles. The number of benzene rings is 7. The van der Waals surface area contributed by atoms with Crippen molar-refractivity contribution in [1.82, 2.24) is 0 Å². The second-order valence-electron chi connectivity index (χ2n) is 10.9. The maximum absolute atomic E-state index is 2.46. The summed E-state index contributed by atoms with van der Waals surface area (Å²) < 4.78 is 5.24. The predicted molar refractivity (Wildman–Crippen MR) is 190 cm³/mol. The van der Waals surface area contributed by atoms with Gasteiger partial charge in [-0.2, -0.15) is 0 Å². The van der Waals surface area contributed by atoms with Crippen LogP contribution in [0, 0.1) is 0 Å². The molecule has 3 heteroatoms. The summed E-state index contributed by atoms with van der Waals surface area (Å²) in [5, 5.41) is 7.72. The Morgan fingerprint density at radius 3 is 1.93 bits per heavy atom. The van der Waals surface area contributed by atoms with Crippen LogP contribution in [0.1, 0.15) is 0 Å². The molecule has 9 rings (SSSR count). The van der Waals surface area contributed by atoms with Crippen LogP contribution in [0.4, 0.5) is 17.1 Å². The average molecular weight is 584 g/mol. The first-order valence-corrected chi connectivity index (χ1v) is 16.1. The van der Waals surface area contributed by atoms with Gasteiger partial charge in [-0.3, -0.25) is 0 Å². The van der Waals surface area contributed by atoms with E-state index in [1.165, 1.54) is 67.9 Å². The van der Waals surface area contributed by atoms with Gasteiger partial charge in [-0.1, -0.05) is 103 Å². The van der Waals surface area contributed by atoms with E-state index >= 15 is 0 Å². The first kappa shape index (κ1) is 24.6. The van der Waals surface area contributed by atoms with E-state index in [1.54, 1.807) is 0 Å². The van der Waals surface area contributed by atoms with Gasteiger partial charge in [-0.15, -0.1) is 22.7 Å². The summed E-state index contributed by atoms with van der Waals surface area (Å²) in [4.78, 5) is 2.46. The molecule has 0 aliphatic carbocycles. The molecule has 2 heterocycles. The third-order valence-corrected chi connectivity index (χ3v) is 10.8. The number of thiophene rings is 2. The van der Waals surface area contributed by atoms with Crippen molar-refractivity contribution in [3.63, 3.8) is 0 Å². The van der Waals surface area contributed by atoms with Crippen molar-refractivity contribution < 1.29 is 0 Å². The Morgan fingerprint density at radius 2 is 1.07 bits per heavy atom. The Bertz CT molecular complexity index is 2470. The fourth-order valence-corrected chi connectivity index (χ4v) is 8.76. The largest absolute Gasteiger partial charge is 0.309 e. The zero-order valence-corrected chi connectivity index (χ0v) is 24.8. The number of anilines is 3. The van der Waals surface area contributed by atoms with Crippen LogP contribution in [0.25, 0.3) is 62.2 Å². The smallest absolute Gasteiger partial charge is 0.0640 e. The summed E-state index contributed by atoms with van der Waals surface area (Å²) in [6, 6.07) is 55.5. The van der Waals surface area contributed by atoms with E-state index in [-0.39, 0.29) is 0 Å².